The molecule has 0 unspecified atom stereocenters. The average Bonchev–Trinajstić information content (AvgIpc) is 1.49. The van der Waals surface area contributed by atoms with Crippen LogP contribution in [0.1, 0.15) is 51.7 Å². The molecule has 14 aliphatic rings. The number of allylic oxidation sites excluding steroid dienone is 2. The first-order chi connectivity index (χ1) is 58.7. The molecular formula is C66H106N20O36S4. The minimum Gasteiger partial charge on any atom is -0.496 e. The number of rotatable bonds is 28. The SMILES string of the molecule is CC12N3CC4=C(OCCS(=O)(=O)O)CCC(OCCS(=O)(=O)O)=C4CN1C(=O)N1CN4C(=O)N5CN6C(=O)N7CN8C(=O)N9Cc%10c(OCCS(=O)(=O)O)ccc(OCCS(=O)(=O)O)c%10CN%10C(=O)N(CN%11C(=O)N(CN%12C(=O)N(CN(C3=O)C12C)C4C%125)C6C%117)C8(C)C%109C.NC(CO)(CO)CO.NC(CO)(CO)CO.NC(CO)(CO)CO.NC(CO)(CO)CO. The summed E-state index contributed by atoms with van der Waals surface area (Å²) in [5.41, 5.74) is 9.75. The maximum atomic E-state index is 15.5. The van der Waals surface area contributed by atoms with Gasteiger partial charge in [-0.15, -0.1) is 0 Å². The highest BCUT2D eigenvalue weighted by Gasteiger charge is 2.81. The Labute approximate surface area is 719 Å². The lowest BCUT2D eigenvalue weighted by atomic mass is 9.94. The van der Waals surface area contributed by atoms with E-state index >= 15 is 38.4 Å². The Morgan fingerprint density at radius 3 is 0.698 bits per heavy atom. The van der Waals surface area contributed by atoms with Crippen LogP contribution in [0, 0.1) is 0 Å². The smallest absolute Gasteiger partial charge is 0.326 e. The Morgan fingerprint density at radius 1 is 0.310 bits per heavy atom. The van der Waals surface area contributed by atoms with Crippen LogP contribution in [0.2, 0.25) is 0 Å². The molecular weight excluding hydrogens is 1780 g/mol. The minimum atomic E-state index is -4.54. The molecule has 0 spiro atoms. The number of aliphatic hydroxyl groups excluding tert-OH is 12. The van der Waals surface area contributed by atoms with E-state index in [1.807, 2.05) is 0 Å². The number of nitrogens with two attached hydrogens (primary N) is 4. The number of amides is 16. The van der Waals surface area contributed by atoms with Crippen molar-refractivity contribution in [1.82, 2.24) is 78.4 Å². The molecule has 16 amide bonds. The van der Waals surface area contributed by atoms with E-state index in [-0.39, 0.29) is 84.3 Å². The molecule has 24 N–H and O–H groups in total. The number of nitrogens with zero attached hydrogens (tertiary/aromatic N) is 16. The maximum Gasteiger partial charge on any atom is 0.326 e. The quantitative estimate of drug-likeness (QED) is 0.0346. The van der Waals surface area contributed by atoms with E-state index in [1.165, 1.54) is 90.5 Å². The summed E-state index contributed by atoms with van der Waals surface area (Å²) in [6, 6.07) is -3.33. The number of benzene rings is 1. The second-order valence-corrected chi connectivity index (χ2v) is 39.2. The Morgan fingerprint density at radius 2 is 0.500 bits per heavy atom. The molecule has 1 aromatic rings. The zero-order chi connectivity index (χ0) is 93.7. The third-order valence-corrected chi connectivity index (χ3v) is 27.9. The van der Waals surface area contributed by atoms with Crippen molar-refractivity contribution in [3.63, 3.8) is 0 Å². The highest BCUT2D eigenvalue weighted by molar-refractivity contribution is 7.86. The van der Waals surface area contributed by atoms with Crippen LogP contribution in [0.5, 0.6) is 11.5 Å². The number of carbonyl (C=O) groups excluding carboxylic acids is 8. The Hall–Kier alpha value is -8.94. The molecule has 0 atom stereocenters. The van der Waals surface area contributed by atoms with Crippen LogP contribution in [0.4, 0.5) is 38.4 Å². The zero-order valence-electron chi connectivity index (χ0n) is 68.5. The van der Waals surface area contributed by atoms with Crippen molar-refractivity contribution < 1.29 is 170 Å². The zero-order valence-corrected chi connectivity index (χ0v) is 71.8. The molecule has 710 valence electrons. The van der Waals surface area contributed by atoms with E-state index in [2.05, 4.69) is 0 Å². The average molecular weight is 1880 g/mol. The fraction of sp³-hybridized carbons (Fsp3) is 0.727. The summed E-state index contributed by atoms with van der Waals surface area (Å²) in [7, 11) is -18.1. The molecule has 12 fully saturated rings. The van der Waals surface area contributed by atoms with Crippen LogP contribution in [0.25, 0.3) is 0 Å². The van der Waals surface area contributed by atoms with Crippen molar-refractivity contribution in [2.45, 2.75) is 123 Å². The summed E-state index contributed by atoms with van der Waals surface area (Å²) >= 11 is 0. The minimum absolute atomic E-state index is 0.00467. The summed E-state index contributed by atoms with van der Waals surface area (Å²) in [6.07, 6.45) is -5.20. The van der Waals surface area contributed by atoms with Crippen molar-refractivity contribution in [3.05, 3.63) is 45.9 Å². The molecule has 0 bridgehead atoms. The van der Waals surface area contributed by atoms with Gasteiger partial charge in [-0.3, -0.25) is 96.6 Å². The molecule has 15 rings (SSSR count). The third kappa shape index (κ3) is 16.7. The van der Waals surface area contributed by atoms with Crippen molar-refractivity contribution in [1.29, 1.82) is 0 Å². The first-order valence-electron chi connectivity index (χ1n) is 38.7. The topological polar surface area (TPSA) is 790 Å². The molecule has 0 radical (unpaired) electrons. The van der Waals surface area contributed by atoms with Gasteiger partial charge >= 0.3 is 48.2 Å². The Kier molecular flexibility index (Phi) is 27.3. The lowest BCUT2D eigenvalue weighted by Gasteiger charge is -2.49. The van der Waals surface area contributed by atoms with Gasteiger partial charge in [-0.25, -0.2) is 38.4 Å². The number of hydrogen-bond acceptors (Lipinski definition) is 36. The summed E-state index contributed by atoms with van der Waals surface area (Å²) in [5, 5.41) is 100. The molecule has 126 heavy (non-hydrogen) atoms. The van der Waals surface area contributed by atoms with Gasteiger partial charge in [-0.2, -0.15) is 33.7 Å². The van der Waals surface area contributed by atoms with E-state index < -0.39 is 327 Å². The van der Waals surface area contributed by atoms with Gasteiger partial charge in [0, 0.05) is 35.1 Å². The molecule has 1 aromatic carbocycles. The van der Waals surface area contributed by atoms with Gasteiger partial charge in [-0.05, 0) is 39.8 Å². The predicted octanol–water partition coefficient (Wildman–Crippen LogP) is -11.1. The number of carbonyl (C=O) groups is 8. The monoisotopic (exact) mass is 1880 g/mol. The maximum absolute atomic E-state index is 15.5. The van der Waals surface area contributed by atoms with Crippen LogP contribution in [-0.2, 0) is 63.0 Å². The highest BCUT2D eigenvalue weighted by Crippen LogP contribution is 2.59. The number of ether oxygens (including phenoxy) is 4. The van der Waals surface area contributed by atoms with Crippen LogP contribution in [0.15, 0.2) is 34.8 Å². The van der Waals surface area contributed by atoms with Gasteiger partial charge in [-0.1, -0.05) is 0 Å². The van der Waals surface area contributed by atoms with Gasteiger partial charge in [0.15, 0.2) is 47.3 Å². The summed E-state index contributed by atoms with van der Waals surface area (Å²) < 4.78 is 156. The molecule has 0 aromatic heterocycles. The number of aliphatic hydroxyl groups is 12. The largest absolute Gasteiger partial charge is 0.496 e. The highest BCUT2D eigenvalue weighted by atomic mass is 32.2. The fourth-order valence-electron chi connectivity index (χ4n) is 17.1. The van der Waals surface area contributed by atoms with Crippen molar-refractivity contribution in [2.24, 2.45) is 22.9 Å². The van der Waals surface area contributed by atoms with Gasteiger partial charge in [0.1, 0.15) is 112 Å². The van der Waals surface area contributed by atoms with Crippen LogP contribution in [-0.4, -0.2) is 491 Å². The molecule has 56 nitrogen and oxygen atoms in total. The third-order valence-electron chi connectivity index (χ3n) is 25.1. The van der Waals surface area contributed by atoms with Crippen molar-refractivity contribution in [2.75, 3.05) is 182 Å². The Balaban J connectivity index is 0.000000409. The van der Waals surface area contributed by atoms with Crippen molar-refractivity contribution in [3.8, 4) is 11.5 Å². The number of hydrogen-bond donors (Lipinski definition) is 20. The fourth-order valence-corrected chi connectivity index (χ4v) is 18.3. The van der Waals surface area contributed by atoms with E-state index in [9.17, 15) is 51.9 Å². The Bertz CT molecular complexity index is 4620. The standard InChI is InChI=1S/C50H62N16O24S4.4C4H11NO3/c1-47-49(3)63-23-55-37-35-51(39(55)67)21-53-36-38-57(41(53)69)25-65-45(73)61-19-29-30(34(90-12-16-94(84,85)86)8-7-33(29)89-11-15-93(81,82)83)20-62-46(74)66(50(65,4)48(61,62)2)26-58(38)42(70)54(36)22-52(35)40(68)56(37)24-64(49)44(72)60(47)18-28-27(17-59(47)43(63)71)31(87-9-13-91(75,76)77)5-6-32(28)88-10-14-92(78,79)80;4*5-4(1-6,2-7)3-8/h5-6,35-38H,7-26H2,1-4H3,(H,75,76,77)(H,78,79,80)(H,81,82,83)(H,84,85,86);4*6-8H,1-3,5H2. The van der Waals surface area contributed by atoms with Crippen LogP contribution >= 0.6 is 0 Å². The molecule has 13 aliphatic heterocycles. The van der Waals surface area contributed by atoms with Gasteiger partial charge in [0.25, 0.3) is 40.5 Å². The second kappa shape index (κ2) is 35.2. The summed E-state index contributed by atoms with van der Waals surface area (Å²) in [5.74, 6) is -2.96. The van der Waals surface area contributed by atoms with Gasteiger partial charge in [0.05, 0.1) is 128 Å². The van der Waals surface area contributed by atoms with Crippen LogP contribution < -0.4 is 32.4 Å². The lowest BCUT2D eigenvalue weighted by Crippen LogP contribution is -2.69. The molecule has 12 saturated heterocycles. The summed E-state index contributed by atoms with van der Waals surface area (Å²) in [4.78, 5) is 145. The summed E-state index contributed by atoms with van der Waals surface area (Å²) in [6.45, 7) is -5.61. The molecule has 1 aliphatic carbocycles. The van der Waals surface area contributed by atoms with E-state index in [0.29, 0.717) is 0 Å². The van der Waals surface area contributed by atoms with Gasteiger partial charge in [0.2, 0.25) is 0 Å². The van der Waals surface area contributed by atoms with Crippen LogP contribution in [0.3, 0.4) is 0 Å². The lowest BCUT2D eigenvalue weighted by molar-refractivity contribution is -0.0867. The normalized spacial score (nSPS) is 26.5. The van der Waals surface area contributed by atoms with E-state index in [4.69, 9.17) is 103 Å². The van der Waals surface area contributed by atoms with E-state index in [1.54, 1.807) is 27.7 Å². The van der Waals surface area contributed by atoms with Gasteiger partial charge < -0.3 is 103 Å². The first-order valence-corrected chi connectivity index (χ1v) is 45.1. The molecule has 13 heterocycles. The number of urea groups is 8. The first kappa shape index (κ1) is 97.7. The van der Waals surface area contributed by atoms with E-state index in [0.717, 1.165) is 0 Å². The molecule has 60 heteroatoms. The van der Waals surface area contributed by atoms with Crippen molar-refractivity contribution >= 4 is 88.7 Å². The molecule has 0 saturated carbocycles. The second-order valence-electron chi connectivity index (χ2n) is 32.9. The number of fused-ring (bicyclic) bond motifs is 2. The predicted molar refractivity (Wildman–Crippen MR) is 419 cm³/mol.